The Kier molecular flexibility index (Phi) is 4.31. The number of thiazole rings is 1. The normalized spacial score (nSPS) is 10.3. The molecule has 0 aliphatic heterocycles. The van der Waals surface area contributed by atoms with Crippen molar-refractivity contribution in [2.45, 2.75) is 6.42 Å². The van der Waals surface area contributed by atoms with Crippen LogP contribution >= 0.6 is 22.9 Å². The first-order valence-electron chi connectivity index (χ1n) is 5.38. The molecule has 0 saturated heterocycles. The largest absolute Gasteiger partial charge is 0.481 e. The van der Waals surface area contributed by atoms with E-state index in [0.717, 1.165) is 23.5 Å². The van der Waals surface area contributed by atoms with Gasteiger partial charge in [-0.15, -0.1) is 11.3 Å². The maximum absolute atomic E-state index is 12.9. The lowest BCUT2D eigenvalue weighted by Gasteiger charge is -2.03. The third-order valence-electron chi connectivity index (χ3n) is 2.28. The van der Waals surface area contributed by atoms with E-state index < -0.39 is 17.7 Å². The predicted octanol–water partition coefficient (Wildman–Crippen LogP) is 2.82. The molecule has 2 rings (SSSR count). The molecular weight excluding hydrogens is 307 g/mol. The zero-order valence-electron chi connectivity index (χ0n) is 9.89. The van der Waals surface area contributed by atoms with E-state index in [1.54, 1.807) is 0 Å². The summed E-state index contributed by atoms with van der Waals surface area (Å²) in [5, 5.41) is 12.9. The Morgan fingerprint density at radius 1 is 1.45 bits per heavy atom. The number of rotatable bonds is 4. The number of aromatic nitrogens is 1. The summed E-state index contributed by atoms with van der Waals surface area (Å²) < 4.78 is 12.9. The Balaban J connectivity index is 2.11. The minimum Gasteiger partial charge on any atom is -0.481 e. The van der Waals surface area contributed by atoms with Crippen molar-refractivity contribution in [1.82, 2.24) is 4.98 Å². The topological polar surface area (TPSA) is 79.3 Å². The van der Waals surface area contributed by atoms with Crippen LogP contribution in [0.4, 0.5) is 9.52 Å². The highest BCUT2D eigenvalue weighted by molar-refractivity contribution is 7.14. The first-order chi connectivity index (χ1) is 9.45. The van der Waals surface area contributed by atoms with Crippen molar-refractivity contribution in [2.75, 3.05) is 5.32 Å². The number of amides is 1. The lowest BCUT2D eigenvalue weighted by atomic mass is 10.2. The second kappa shape index (κ2) is 5.98. The highest BCUT2D eigenvalue weighted by Gasteiger charge is 2.13. The van der Waals surface area contributed by atoms with Gasteiger partial charge in [-0.2, -0.15) is 0 Å². The summed E-state index contributed by atoms with van der Waals surface area (Å²) in [6, 6.07) is 3.42. The third-order valence-corrected chi connectivity index (χ3v) is 3.40. The molecule has 2 aromatic rings. The Hall–Kier alpha value is -1.99. The van der Waals surface area contributed by atoms with E-state index in [0.29, 0.717) is 5.69 Å². The number of benzene rings is 1. The minimum absolute atomic E-state index is 0.00943. The molecule has 5 nitrogen and oxygen atoms in total. The lowest BCUT2D eigenvalue weighted by molar-refractivity contribution is -0.136. The highest BCUT2D eigenvalue weighted by Crippen LogP contribution is 2.21. The Labute approximate surface area is 122 Å². The first-order valence-corrected chi connectivity index (χ1v) is 6.64. The molecule has 1 aromatic carbocycles. The summed E-state index contributed by atoms with van der Waals surface area (Å²) in [4.78, 5) is 26.4. The molecule has 0 radical (unpaired) electrons. The van der Waals surface area contributed by atoms with Crippen LogP contribution in [-0.4, -0.2) is 22.0 Å². The number of hydrogen-bond donors (Lipinski definition) is 2. The van der Waals surface area contributed by atoms with E-state index in [4.69, 9.17) is 16.7 Å². The van der Waals surface area contributed by atoms with Gasteiger partial charge in [-0.3, -0.25) is 14.9 Å². The molecule has 1 amide bonds. The molecule has 0 unspecified atom stereocenters. The molecule has 0 fully saturated rings. The number of carboxylic acid groups (broad SMARTS) is 1. The summed E-state index contributed by atoms with van der Waals surface area (Å²) in [6.07, 6.45) is -0.219. The molecule has 1 heterocycles. The van der Waals surface area contributed by atoms with Gasteiger partial charge in [0.05, 0.1) is 22.7 Å². The number of halogens is 2. The van der Waals surface area contributed by atoms with Gasteiger partial charge < -0.3 is 5.11 Å². The van der Waals surface area contributed by atoms with Gasteiger partial charge in [0, 0.05) is 5.38 Å². The van der Waals surface area contributed by atoms with Crippen molar-refractivity contribution >= 4 is 39.9 Å². The average molecular weight is 315 g/mol. The molecule has 0 bridgehead atoms. The van der Waals surface area contributed by atoms with Gasteiger partial charge in [0.1, 0.15) is 5.82 Å². The number of carbonyl (C=O) groups excluding carboxylic acids is 1. The van der Waals surface area contributed by atoms with Crippen LogP contribution in [0.25, 0.3) is 0 Å². The van der Waals surface area contributed by atoms with Gasteiger partial charge in [0.25, 0.3) is 5.91 Å². The van der Waals surface area contributed by atoms with Crippen LogP contribution in [0.2, 0.25) is 5.02 Å². The lowest BCUT2D eigenvalue weighted by Crippen LogP contribution is -2.12. The van der Waals surface area contributed by atoms with Gasteiger partial charge in [-0.25, -0.2) is 9.37 Å². The van der Waals surface area contributed by atoms with Gasteiger partial charge in [0.15, 0.2) is 5.13 Å². The Morgan fingerprint density at radius 2 is 2.20 bits per heavy atom. The van der Waals surface area contributed by atoms with Crippen LogP contribution in [0.15, 0.2) is 23.6 Å². The van der Waals surface area contributed by atoms with E-state index in [9.17, 15) is 14.0 Å². The van der Waals surface area contributed by atoms with Crippen molar-refractivity contribution in [3.8, 4) is 0 Å². The molecule has 1 aromatic heterocycles. The number of anilines is 1. The summed E-state index contributed by atoms with van der Waals surface area (Å²) in [5.41, 5.74) is 0.464. The molecule has 0 atom stereocenters. The van der Waals surface area contributed by atoms with Crippen LogP contribution in [-0.2, 0) is 11.2 Å². The van der Waals surface area contributed by atoms with Crippen molar-refractivity contribution < 1.29 is 19.1 Å². The van der Waals surface area contributed by atoms with Gasteiger partial charge >= 0.3 is 5.97 Å². The summed E-state index contributed by atoms with van der Waals surface area (Å²) in [5.74, 6) is -2.08. The highest BCUT2D eigenvalue weighted by atomic mass is 35.5. The van der Waals surface area contributed by atoms with Crippen molar-refractivity contribution in [3.05, 3.63) is 45.7 Å². The van der Waals surface area contributed by atoms with Crippen molar-refractivity contribution in [1.29, 1.82) is 0 Å². The van der Waals surface area contributed by atoms with Crippen LogP contribution in [0.3, 0.4) is 0 Å². The number of aliphatic carboxylic acids is 1. The van der Waals surface area contributed by atoms with Crippen LogP contribution in [0, 0.1) is 5.82 Å². The van der Waals surface area contributed by atoms with E-state index in [1.807, 2.05) is 0 Å². The molecule has 0 saturated carbocycles. The van der Waals surface area contributed by atoms with E-state index in [2.05, 4.69) is 10.3 Å². The quantitative estimate of drug-likeness (QED) is 0.909. The second-order valence-electron chi connectivity index (χ2n) is 3.79. The fraction of sp³-hybridized carbons (Fsp3) is 0.0833. The predicted molar refractivity (Wildman–Crippen MR) is 72.8 cm³/mol. The zero-order valence-corrected chi connectivity index (χ0v) is 11.5. The third kappa shape index (κ3) is 3.52. The van der Waals surface area contributed by atoms with Crippen LogP contribution < -0.4 is 5.32 Å². The van der Waals surface area contributed by atoms with Crippen molar-refractivity contribution in [2.24, 2.45) is 0 Å². The molecule has 20 heavy (non-hydrogen) atoms. The van der Waals surface area contributed by atoms with Crippen LogP contribution in [0.1, 0.15) is 16.1 Å². The van der Waals surface area contributed by atoms with E-state index >= 15 is 0 Å². The zero-order chi connectivity index (χ0) is 14.7. The van der Waals surface area contributed by atoms with Crippen LogP contribution in [0.5, 0.6) is 0 Å². The summed E-state index contributed by atoms with van der Waals surface area (Å²) in [7, 11) is 0. The smallest absolute Gasteiger partial charge is 0.309 e. The minimum atomic E-state index is -1.00. The van der Waals surface area contributed by atoms with Gasteiger partial charge in [-0.05, 0) is 18.2 Å². The molecular formula is C12H8ClFN2O3S. The van der Waals surface area contributed by atoms with Gasteiger partial charge in [0.2, 0.25) is 0 Å². The Morgan fingerprint density at radius 3 is 2.85 bits per heavy atom. The number of nitrogens with zero attached hydrogens (tertiary/aromatic N) is 1. The molecule has 104 valence electrons. The average Bonchev–Trinajstić information content (AvgIpc) is 2.75. The number of carbonyl (C=O) groups is 2. The van der Waals surface area contributed by atoms with E-state index in [-0.39, 0.29) is 22.1 Å². The summed E-state index contributed by atoms with van der Waals surface area (Å²) in [6.45, 7) is 0. The first kappa shape index (κ1) is 14.4. The van der Waals surface area contributed by atoms with Crippen molar-refractivity contribution in [3.63, 3.8) is 0 Å². The monoisotopic (exact) mass is 314 g/mol. The number of nitrogens with one attached hydrogen (secondary N) is 1. The fourth-order valence-corrected chi connectivity index (χ4v) is 2.40. The fourth-order valence-electron chi connectivity index (χ4n) is 1.44. The standard InChI is InChI=1S/C12H8ClFN2O3S/c13-9-3-6(14)1-2-8(9)11(19)16-12-15-7(5-20-12)4-10(17)18/h1-3,5H,4H2,(H,17,18)(H,15,16,19). The maximum Gasteiger partial charge on any atom is 0.309 e. The van der Waals surface area contributed by atoms with Gasteiger partial charge in [-0.1, -0.05) is 11.6 Å². The second-order valence-corrected chi connectivity index (χ2v) is 5.06. The SMILES string of the molecule is O=C(O)Cc1csc(NC(=O)c2ccc(F)cc2Cl)n1. The Bertz CT molecular complexity index is 674. The molecule has 0 spiro atoms. The number of hydrogen-bond acceptors (Lipinski definition) is 4. The molecule has 8 heteroatoms. The molecule has 0 aliphatic rings. The summed E-state index contributed by atoms with van der Waals surface area (Å²) >= 11 is 6.87. The molecule has 2 N–H and O–H groups in total. The van der Waals surface area contributed by atoms with E-state index in [1.165, 1.54) is 11.4 Å². The molecule has 0 aliphatic carbocycles. The number of carboxylic acids is 1. The maximum atomic E-state index is 12.9.